The summed E-state index contributed by atoms with van der Waals surface area (Å²) in [6, 6.07) is 4.82. The van der Waals surface area contributed by atoms with Crippen LogP contribution in [0.2, 0.25) is 0 Å². The Morgan fingerprint density at radius 2 is 1.95 bits per heavy atom. The Balaban J connectivity index is 2.27. The van der Waals surface area contributed by atoms with Crippen LogP contribution in [0.25, 0.3) is 0 Å². The molecule has 5 nitrogen and oxygen atoms in total. The lowest BCUT2D eigenvalue weighted by molar-refractivity contribution is 0.142. The van der Waals surface area contributed by atoms with Crippen LogP contribution in [0.3, 0.4) is 0 Å². The smallest absolute Gasteiger partial charge is 0.241 e. The van der Waals surface area contributed by atoms with Crippen molar-refractivity contribution >= 4 is 15.7 Å². The summed E-state index contributed by atoms with van der Waals surface area (Å²) >= 11 is 0. The molecular formula is C15H24N2O3S. The second-order valence-corrected chi connectivity index (χ2v) is 7.50. The number of aliphatic hydroxyl groups is 1. The van der Waals surface area contributed by atoms with Crippen molar-refractivity contribution < 1.29 is 13.5 Å². The van der Waals surface area contributed by atoms with E-state index in [0.717, 1.165) is 31.2 Å². The van der Waals surface area contributed by atoms with E-state index in [-0.39, 0.29) is 11.5 Å². The van der Waals surface area contributed by atoms with Crippen molar-refractivity contribution in [1.82, 2.24) is 4.72 Å². The van der Waals surface area contributed by atoms with Gasteiger partial charge >= 0.3 is 0 Å². The minimum Gasteiger partial charge on any atom is -0.398 e. The fourth-order valence-electron chi connectivity index (χ4n) is 2.93. The van der Waals surface area contributed by atoms with Gasteiger partial charge in [0.1, 0.15) is 0 Å². The molecule has 0 radical (unpaired) electrons. The lowest BCUT2D eigenvalue weighted by Gasteiger charge is -2.36. The van der Waals surface area contributed by atoms with Crippen molar-refractivity contribution in [3.05, 3.63) is 23.8 Å². The van der Waals surface area contributed by atoms with Crippen LogP contribution in [0.15, 0.2) is 23.1 Å². The molecule has 118 valence electrons. The van der Waals surface area contributed by atoms with E-state index in [1.165, 1.54) is 6.07 Å². The lowest BCUT2D eigenvalue weighted by atomic mass is 9.83. The number of nitrogens with two attached hydrogens (primary N) is 1. The third kappa shape index (κ3) is 3.56. The zero-order chi connectivity index (χ0) is 15.5. The summed E-state index contributed by atoms with van der Waals surface area (Å²) in [5.41, 5.74) is 6.58. The molecule has 2 rings (SSSR count). The van der Waals surface area contributed by atoms with E-state index in [4.69, 9.17) is 5.73 Å². The largest absolute Gasteiger partial charge is 0.398 e. The minimum atomic E-state index is -3.67. The maximum atomic E-state index is 12.5. The Kier molecular flexibility index (Phi) is 4.91. The molecule has 1 aromatic rings. The zero-order valence-electron chi connectivity index (χ0n) is 12.4. The Bertz CT molecular complexity index is 593. The summed E-state index contributed by atoms with van der Waals surface area (Å²) in [5.74, 6) is 0. The van der Waals surface area contributed by atoms with Gasteiger partial charge in [0.25, 0.3) is 0 Å². The highest BCUT2D eigenvalue weighted by Gasteiger charge is 2.36. The molecule has 0 heterocycles. The van der Waals surface area contributed by atoms with Crippen molar-refractivity contribution in [3.8, 4) is 0 Å². The second-order valence-electron chi connectivity index (χ2n) is 5.82. The van der Waals surface area contributed by atoms with Crippen molar-refractivity contribution in [1.29, 1.82) is 0 Å². The number of aliphatic hydroxyl groups excluding tert-OH is 1. The van der Waals surface area contributed by atoms with Gasteiger partial charge < -0.3 is 10.8 Å². The van der Waals surface area contributed by atoms with Gasteiger partial charge in [-0.25, -0.2) is 13.1 Å². The molecule has 21 heavy (non-hydrogen) atoms. The third-order valence-corrected chi connectivity index (χ3v) is 5.85. The number of nitrogens with one attached hydrogen (secondary N) is 1. The van der Waals surface area contributed by atoms with Crippen LogP contribution in [-0.2, 0) is 16.4 Å². The summed E-state index contributed by atoms with van der Waals surface area (Å²) in [5, 5.41) is 9.64. The van der Waals surface area contributed by atoms with Gasteiger partial charge in [0.05, 0.1) is 17.0 Å². The Morgan fingerprint density at radius 3 is 2.48 bits per heavy atom. The average molecular weight is 312 g/mol. The normalized spacial score (nSPS) is 18.6. The van der Waals surface area contributed by atoms with Crippen LogP contribution >= 0.6 is 0 Å². The quantitative estimate of drug-likeness (QED) is 0.723. The van der Waals surface area contributed by atoms with Gasteiger partial charge in [0, 0.05) is 5.69 Å². The van der Waals surface area contributed by atoms with Crippen LogP contribution in [0, 0.1) is 0 Å². The number of nitrogen functional groups attached to an aromatic ring is 1. The standard InChI is InChI=1S/C15H24N2O3S/c1-2-12-6-7-13(10-14(12)16)21(19,20)17-15(11-18)8-4-3-5-9-15/h6-7,10,17-18H,2-5,8-9,11,16H2,1H3. The van der Waals surface area contributed by atoms with E-state index in [2.05, 4.69) is 4.72 Å². The zero-order valence-corrected chi connectivity index (χ0v) is 13.2. The highest BCUT2D eigenvalue weighted by Crippen LogP contribution is 2.30. The molecule has 4 N–H and O–H groups in total. The lowest BCUT2D eigenvalue weighted by Crippen LogP contribution is -2.52. The molecule has 1 aliphatic rings. The Morgan fingerprint density at radius 1 is 1.29 bits per heavy atom. The minimum absolute atomic E-state index is 0.163. The van der Waals surface area contributed by atoms with E-state index in [1.54, 1.807) is 12.1 Å². The van der Waals surface area contributed by atoms with E-state index in [0.29, 0.717) is 18.5 Å². The molecule has 6 heteroatoms. The third-order valence-electron chi connectivity index (χ3n) is 4.27. The first-order chi connectivity index (χ1) is 9.92. The SMILES string of the molecule is CCc1ccc(S(=O)(=O)NC2(CO)CCCCC2)cc1N. The number of aryl methyl sites for hydroxylation is 1. The Labute approximate surface area is 126 Å². The predicted octanol–water partition coefficient (Wildman–Crippen LogP) is 1.80. The highest BCUT2D eigenvalue weighted by atomic mass is 32.2. The highest BCUT2D eigenvalue weighted by molar-refractivity contribution is 7.89. The van der Waals surface area contributed by atoms with Gasteiger partial charge in [-0.2, -0.15) is 0 Å². The van der Waals surface area contributed by atoms with Crippen molar-refractivity contribution in [2.75, 3.05) is 12.3 Å². The average Bonchev–Trinajstić information content (AvgIpc) is 2.47. The predicted molar refractivity (Wildman–Crippen MR) is 83.5 cm³/mol. The molecule has 0 bridgehead atoms. The van der Waals surface area contributed by atoms with Gasteiger partial charge in [-0.3, -0.25) is 0 Å². The van der Waals surface area contributed by atoms with E-state index >= 15 is 0 Å². The maximum Gasteiger partial charge on any atom is 0.241 e. The van der Waals surface area contributed by atoms with E-state index in [1.807, 2.05) is 6.92 Å². The van der Waals surface area contributed by atoms with Crippen LogP contribution in [0.4, 0.5) is 5.69 Å². The molecule has 0 atom stereocenters. The number of anilines is 1. The molecule has 1 aromatic carbocycles. The molecule has 0 saturated heterocycles. The van der Waals surface area contributed by atoms with E-state index < -0.39 is 15.6 Å². The summed E-state index contributed by atoms with van der Waals surface area (Å²) in [6.45, 7) is 1.80. The topological polar surface area (TPSA) is 92.4 Å². The first kappa shape index (κ1) is 16.3. The summed E-state index contributed by atoms with van der Waals surface area (Å²) in [4.78, 5) is 0.163. The maximum absolute atomic E-state index is 12.5. The first-order valence-corrected chi connectivity index (χ1v) is 8.94. The van der Waals surface area contributed by atoms with Gasteiger partial charge in [0.15, 0.2) is 0 Å². The molecule has 1 fully saturated rings. The number of rotatable bonds is 5. The number of hydrogen-bond acceptors (Lipinski definition) is 4. The van der Waals surface area contributed by atoms with Crippen LogP contribution in [0.5, 0.6) is 0 Å². The first-order valence-electron chi connectivity index (χ1n) is 7.46. The fourth-order valence-corrected chi connectivity index (χ4v) is 4.41. The number of hydrogen-bond donors (Lipinski definition) is 3. The van der Waals surface area contributed by atoms with E-state index in [9.17, 15) is 13.5 Å². The van der Waals surface area contributed by atoms with Gasteiger partial charge in [-0.1, -0.05) is 32.3 Å². The summed E-state index contributed by atoms with van der Waals surface area (Å²) in [7, 11) is -3.67. The van der Waals surface area contributed by atoms with Crippen LogP contribution in [-0.4, -0.2) is 25.7 Å². The molecular weight excluding hydrogens is 288 g/mol. The van der Waals surface area contributed by atoms with Crippen molar-refractivity contribution in [3.63, 3.8) is 0 Å². The summed E-state index contributed by atoms with van der Waals surface area (Å²) < 4.78 is 27.8. The monoisotopic (exact) mass is 312 g/mol. The fraction of sp³-hybridized carbons (Fsp3) is 0.600. The molecule has 0 amide bonds. The van der Waals surface area contributed by atoms with Crippen LogP contribution < -0.4 is 10.5 Å². The molecule has 0 unspecified atom stereocenters. The number of sulfonamides is 1. The molecule has 0 aliphatic heterocycles. The van der Waals surface area contributed by atoms with Gasteiger partial charge in [-0.15, -0.1) is 0 Å². The second kappa shape index (κ2) is 6.34. The molecule has 1 aliphatic carbocycles. The molecule has 1 saturated carbocycles. The van der Waals surface area contributed by atoms with Crippen LogP contribution in [0.1, 0.15) is 44.6 Å². The summed E-state index contributed by atoms with van der Waals surface area (Å²) in [6.07, 6.45) is 5.05. The van der Waals surface area contributed by atoms with Gasteiger partial charge in [0.2, 0.25) is 10.0 Å². The van der Waals surface area contributed by atoms with Crippen molar-refractivity contribution in [2.24, 2.45) is 0 Å². The number of benzene rings is 1. The molecule has 0 spiro atoms. The Hall–Kier alpha value is -1.11. The van der Waals surface area contributed by atoms with Gasteiger partial charge in [-0.05, 0) is 37.0 Å². The van der Waals surface area contributed by atoms with Crippen molar-refractivity contribution in [2.45, 2.75) is 55.9 Å². The molecule has 0 aromatic heterocycles.